The molecule has 0 saturated carbocycles. The predicted octanol–water partition coefficient (Wildman–Crippen LogP) is 4.01. The van der Waals surface area contributed by atoms with Crippen LogP contribution in [-0.2, 0) is 11.2 Å². The summed E-state index contributed by atoms with van der Waals surface area (Å²) in [4.78, 5) is 12.9. The first-order valence-corrected chi connectivity index (χ1v) is 6.68. The normalized spacial score (nSPS) is 18.7. The lowest BCUT2D eigenvalue weighted by Crippen LogP contribution is -2.17. The third-order valence-corrected chi connectivity index (χ3v) is 4.26. The van der Waals surface area contributed by atoms with Crippen LogP contribution in [0.5, 0.6) is 0 Å². The Bertz CT molecular complexity index is 417. The van der Waals surface area contributed by atoms with Crippen molar-refractivity contribution in [3.63, 3.8) is 0 Å². The van der Waals surface area contributed by atoms with Crippen LogP contribution in [-0.4, -0.2) is 17.2 Å². The highest BCUT2D eigenvalue weighted by atomic mass is 32.2. The van der Waals surface area contributed by atoms with E-state index in [1.807, 2.05) is 24.3 Å². The number of rotatable bonds is 4. The maximum absolute atomic E-state index is 12.0. The van der Waals surface area contributed by atoms with Crippen molar-refractivity contribution in [2.24, 2.45) is 0 Å². The molecule has 18 heavy (non-hydrogen) atoms. The molecule has 1 aromatic carbocycles. The molecule has 1 nitrogen and oxygen atoms in total. The highest BCUT2D eigenvalue weighted by molar-refractivity contribution is 8.01. The average Bonchev–Trinajstić information content (AvgIpc) is 2.70. The standard InChI is InChI=1S/C13H13F3OS/c14-13(15,16)7-3-5-10(17)12-8-9-4-1-2-6-11(9)18-12/h1-2,4,6,12H,3,5,7-8H2. The van der Waals surface area contributed by atoms with Gasteiger partial charge in [0.2, 0.25) is 0 Å². The number of carbonyl (C=O) groups excluding carboxylic acids is 1. The van der Waals surface area contributed by atoms with Gasteiger partial charge in [0.05, 0.1) is 5.25 Å². The smallest absolute Gasteiger partial charge is 0.298 e. The molecule has 98 valence electrons. The van der Waals surface area contributed by atoms with E-state index >= 15 is 0 Å². The van der Waals surface area contributed by atoms with E-state index in [1.54, 1.807) is 0 Å². The van der Waals surface area contributed by atoms with Gasteiger partial charge in [-0.25, -0.2) is 0 Å². The van der Waals surface area contributed by atoms with E-state index in [4.69, 9.17) is 0 Å². The highest BCUT2D eigenvalue weighted by Gasteiger charge is 2.30. The van der Waals surface area contributed by atoms with Crippen LogP contribution < -0.4 is 0 Å². The van der Waals surface area contributed by atoms with Gasteiger partial charge in [-0.15, -0.1) is 11.8 Å². The van der Waals surface area contributed by atoms with Gasteiger partial charge < -0.3 is 0 Å². The minimum atomic E-state index is -4.16. The van der Waals surface area contributed by atoms with Gasteiger partial charge in [-0.05, 0) is 24.5 Å². The van der Waals surface area contributed by atoms with E-state index in [0.717, 1.165) is 10.5 Å². The molecule has 0 aliphatic carbocycles. The monoisotopic (exact) mass is 274 g/mol. The zero-order valence-electron chi connectivity index (χ0n) is 9.67. The number of thioether (sulfide) groups is 1. The number of fused-ring (bicyclic) bond motifs is 1. The van der Waals surface area contributed by atoms with Crippen molar-refractivity contribution in [3.8, 4) is 0 Å². The van der Waals surface area contributed by atoms with E-state index in [-0.39, 0.29) is 23.9 Å². The van der Waals surface area contributed by atoms with Gasteiger partial charge in [0.25, 0.3) is 0 Å². The molecule has 1 aromatic rings. The quantitative estimate of drug-likeness (QED) is 0.825. The van der Waals surface area contributed by atoms with Crippen LogP contribution in [0.25, 0.3) is 0 Å². The maximum Gasteiger partial charge on any atom is 0.389 e. The number of ketones is 1. The fraction of sp³-hybridized carbons (Fsp3) is 0.462. The van der Waals surface area contributed by atoms with Crippen molar-refractivity contribution in [3.05, 3.63) is 29.8 Å². The number of Topliss-reactive ketones (excluding diaryl/α,β-unsaturated/α-hetero) is 1. The minimum Gasteiger partial charge on any atom is -0.298 e. The van der Waals surface area contributed by atoms with Crippen LogP contribution in [0.4, 0.5) is 13.2 Å². The Morgan fingerprint density at radius 1 is 1.33 bits per heavy atom. The van der Waals surface area contributed by atoms with Gasteiger partial charge in [-0.2, -0.15) is 13.2 Å². The molecule has 0 radical (unpaired) electrons. The van der Waals surface area contributed by atoms with Crippen molar-refractivity contribution in [1.29, 1.82) is 0 Å². The van der Waals surface area contributed by atoms with Gasteiger partial charge in [-0.3, -0.25) is 4.79 Å². The summed E-state index contributed by atoms with van der Waals surface area (Å²) < 4.78 is 35.9. The summed E-state index contributed by atoms with van der Waals surface area (Å²) in [5.41, 5.74) is 1.12. The SMILES string of the molecule is O=C(CCCC(F)(F)F)C1Cc2ccccc2S1. The van der Waals surface area contributed by atoms with E-state index in [1.165, 1.54) is 11.8 Å². The number of benzene rings is 1. The topological polar surface area (TPSA) is 17.1 Å². The van der Waals surface area contributed by atoms with Gasteiger partial charge in [0.1, 0.15) is 5.78 Å². The fourth-order valence-corrected chi connectivity index (χ4v) is 3.26. The molecule has 0 amide bonds. The highest BCUT2D eigenvalue weighted by Crippen LogP contribution is 2.38. The van der Waals surface area contributed by atoms with Crippen LogP contribution in [0.15, 0.2) is 29.2 Å². The zero-order valence-corrected chi connectivity index (χ0v) is 10.5. The number of halogens is 3. The van der Waals surface area contributed by atoms with E-state index in [0.29, 0.717) is 6.42 Å². The first-order valence-electron chi connectivity index (χ1n) is 5.80. The van der Waals surface area contributed by atoms with Crippen molar-refractivity contribution in [2.45, 2.75) is 42.0 Å². The predicted molar refractivity (Wildman–Crippen MR) is 64.7 cm³/mol. The fourth-order valence-electron chi connectivity index (χ4n) is 1.99. The summed E-state index contributed by atoms with van der Waals surface area (Å²) in [5, 5.41) is -0.198. The first-order chi connectivity index (χ1) is 8.46. The Morgan fingerprint density at radius 2 is 2.06 bits per heavy atom. The minimum absolute atomic E-state index is 0.0190. The molecule has 5 heteroatoms. The molecule has 0 spiro atoms. The van der Waals surface area contributed by atoms with Crippen molar-refractivity contribution in [2.75, 3.05) is 0 Å². The molecule has 0 fully saturated rings. The molecule has 2 rings (SSSR count). The van der Waals surface area contributed by atoms with Gasteiger partial charge >= 0.3 is 6.18 Å². The Kier molecular flexibility index (Phi) is 4.00. The molecule has 1 aliphatic rings. The average molecular weight is 274 g/mol. The molecule has 0 N–H and O–H groups in total. The number of hydrogen-bond donors (Lipinski definition) is 0. The Balaban J connectivity index is 1.83. The Morgan fingerprint density at radius 3 is 2.72 bits per heavy atom. The number of alkyl halides is 3. The van der Waals surface area contributed by atoms with Gasteiger partial charge in [-0.1, -0.05) is 18.2 Å². The molecule has 0 saturated heterocycles. The lowest BCUT2D eigenvalue weighted by atomic mass is 10.0. The molecular weight excluding hydrogens is 261 g/mol. The lowest BCUT2D eigenvalue weighted by Gasteiger charge is -2.08. The second kappa shape index (κ2) is 5.34. The molecule has 0 aromatic heterocycles. The Labute approximate surface area is 108 Å². The molecular formula is C13H13F3OS. The van der Waals surface area contributed by atoms with E-state index < -0.39 is 12.6 Å². The van der Waals surface area contributed by atoms with E-state index in [2.05, 4.69) is 0 Å². The van der Waals surface area contributed by atoms with Gasteiger partial charge in [0, 0.05) is 17.7 Å². The van der Waals surface area contributed by atoms with Crippen molar-refractivity contribution in [1.82, 2.24) is 0 Å². The van der Waals surface area contributed by atoms with Crippen LogP contribution in [0.3, 0.4) is 0 Å². The first kappa shape index (κ1) is 13.5. The summed E-state index contributed by atoms with van der Waals surface area (Å²) in [6, 6.07) is 7.73. The maximum atomic E-state index is 12.0. The Hall–Kier alpha value is -0.970. The zero-order chi connectivity index (χ0) is 13.2. The van der Waals surface area contributed by atoms with Crippen molar-refractivity contribution >= 4 is 17.5 Å². The summed E-state index contributed by atoms with van der Waals surface area (Å²) in [5.74, 6) is -0.0690. The van der Waals surface area contributed by atoms with Crippen LogP contribution in [0.1, 0.15) is 24.8 Å². The van der Waals surface area contributed by atoms with Crippen molar-refractivity contribution < 1.29 is 18.0 Å². The van der Waals surface area contributed by atoms with E-state index in [9.17, 15) is 18.0 Å². The number of carbonyl (C=O) groups is 1. The molecule has 1 atom stereocenters. The van der Waals surface area contributed by atoms with Crippen LogP contribution >= 0.6 is 11.8 Å². The summed E-state index contributed by atoms with van der Waals surface area (Å²) in [6.07, 6.45) is -4.47. The molecule has 0 bridgehead atoms. The summed E-state index contributed by atoms with van der Waals surface area (Å²) >= 11 is 1.47. The molecule has 1 aliphatic heterocycles. The third kappa shape index (κ3) is 3.51. The molecule has 1 unspecified atom stereocenters. The second-order valence-corrected chi connectivity index (χ2v) is 5.60. The summed E-state index contributed by atoms with van der Waals surface area (Å²) in [7, 11) is 0. The van der Waals surface area contributed by atoms with Gasteiger partial charge in [0.15, 0.2) is 0 Å². The van der Waals surface area contributed by atoms with Crippen LogP contribution in [0.2, 0.25) is 0 Å². The summed E-state index contributed by atoms with van der Waals surface area (Å²) in [6.45, 7) is 0. The van der Waals surface area contributed by atoms with Crippen LogP contribution in [0, 0.1) is 0 Å². The number of hydrogen-bond acceptors (Lipinski definition) is 2. The third-order valence-electron chi connectivity index (χ3n) is 2.89. The lowest BCUT2D eigenvalue weighted by molar-refractivity contribution is -0.137. The second-order valence-electron chi connectivity index (χ2n) is 4.35. The largest absolute Gasteiger partial charge is 0.389 e. The molecule has 1 heterocycles.